The van der Waals surface area contributed by atoms with Gasteiger partial charge in [-0.15, -0.1) is 0 Å². The molecule has 1 heterocycles. The molecule has 15 heteroatoms. The minimum Gasteiger partial charge on any atom is -0.496 e. The normalized spacial score (nSPS) is 21.5. The predicted octanol–water partition coefficient (Wildman–Crippen LogP) is 0.768. The van der Waals surface area contributed by atoms with Crippen LogP contribution in [0, 0.1) is 0 Å². The van der Waals surface area contributed by atoms with E-state index in [0.717, 1.165) is 11.1 Å². The molecule has 242 valence electrons. The molecule has 0 bridgehead atoms. The molecule has 0 aliphatic carbocycles. The first kappa shape index (κ1) is 35.1. The van der Waals surface area contributed by atoms with Crippen LogP contribution in [0.25, 0.3) is 0 Å². The Balaban J connectivity index is 1.59. The summed E-state index contributed by atoms with van der Waals surface area (Å²) in [6.07, 6.45) is -6.85. The number of carbonyl (C=O) groups excluding carboxylic acids is 2. The molecule has 4 N–H and O–H groups in total. The largest absolute Gasteiger partial charge is 0.496 e. The Hall–Kier alpha value is -3.34. The number of Topliss-reactive ketones (excluding diaryl/α,β-unsaturated/α-hetero) is 1. The van der Waals surface area contributed by atoms with Crippen molar-refractivity contribution in [1.82, 2.24) is 0 Å². The Bertz CT molecular complexity index is 1270. The summed E-state index contributed by atoms with van der Waals surface area (Å²) in [7, 11) is 2.57. The van der Waals surface area contributed by atoms with Crippen molar-refractivity contribution in [3.05, 3.63) is 58.1 Å². The number of esters is 1. The second kappa shape index (κ2) is 17.2. The first-order valence-electron chi connectivity index (χ1n) is 13.4. The molecule has 44 heavy (non-hydrogen) atoms. The number of hydrogen-bond donors (Lipinski definition) is 4. The summed E-state index contributed by atoms with van der Waals surface area (Å²) in [4.78, 5) is 35.7. The number of aliphatic hydroxyl groups is 3. The second-order valence-electron chi connectivity index (χ2n) is 9.62. The second-order valence-corrected chi connectivity index (χ2v) is 10.0. The van der Waals surface area contributed by atoms with Gasteiger partial charge in [-0.05, 0) is 17.2 Å². The van der Waals surface area contributed by atoms with Gasteiger partial charge in [0.2, 0.25) is 0 Å². The Kier molecular flexibility index (Phi) is 13.8. The summed E-state index contributed by atoms with van der Waals surface area (Å²) in [5, 5.41) is 38.6. The van der Waals surface area contributed by atoms with Crippen LogP contribution in [0.4, 0.5) is 0 Å². The molecule has 2 aromatic rings. The highest BCUT2D eigenvalue weighted by Crippen LogP contribution is 2.35. The minimum absolute atomic E-state index is 0.0519. The topological polar surface area (TPSA) is 197 Å². The van der Waals surface area contributed by atoms with E-state index in [9.17, 15) is 29.7 Å². The van der Waals surface area contributed by atoms with Crippen molar-refractivity contribution >= 4 is 29.3 Å². The molecule has 0 spiro atoms. The predicted molar refractivity (Wildman–Crippen MR) is 151 cm³/mol. The number of ketones is 1. The third-order valence-electron chi connectivity index (χ3n) is 6.42. The number of carboxylic acid groups (broad SMARTS) is 1. The highest BCUT2D eigenvalue weighted by atomic mass is 35.5. The lowest BCUT2D eigenvalue weighted by molar-refractivity contribution is -0.293. The SMILES string of the molecule is COc1cc(OCc2cccc(CC(=O)COCCOCC(=O)O)c2)c(Cl)cc1C(=O)O[C@H]1[C@@H](OC)O[C@H](CO)[C@@H](O)[C@@H]1O. The Labute approximate surface area is 257 Å². The van der Waals surface area contributed by atoms with Crippen LogP contribution >= 0.6 is 11.6 Å². The van der Waals surface area contributed by atoms with Gasteiger partial charge in [0.25, 0.3) is 0 Å². The minimum atomic E-state index is -1.61. The molecule has 1 aliphatic heterocycles. The van der Waals surface area contributed by atoms with Gasteiger partial charge in [-0.25, -0.2) is 9.59 Å². The standard InChI is InChI=1S/C29H35ClO14/c1-38-21-11-22(20(30)10-19(21)28(37)44-27-26(36)25(35)23(12-31)43-29(27)39-2)42-13-17-5-3-4-16(8-17)9-18(32)14-40-6-7-41-15-24(33)34/h3-5,8,10-11,23,25-27,29,31,35-36H,6-7,9,12-15H2,1-2H3,(H,33,34)/t23-,25-,26+,27-,29+/m1/s1. The smallest absolute Gasteiger partial charge is 0.342 e. The van der Waals surface area contributed by atoms with E-state index in [1.54, 1.807) is 24.3 Å². The van der Waals surface area contributed by atoms with E-state index in [1.165, 1.54) is 26.4 Å². The summed E-state index contributed by atoms with van der Waals surface area (Å²) >= 11 is 6.40. The quantitative estimate of drug-likeness (QED) is 0.139. The van der Waals surface area contributed by atoms with Crippen LogP contribution in [0.15, 0.2) is 36.4 Å². The molecule has 2 aromatic carbocycles. The summed E-state index contributed by atoms with van der Waals surface area (Å²) < 4.78 is 37.1. The lowest BCUT2D eigenvalue weighted by Gasteiger charge is -2.40. The molecule has 5 atom stereocenters. The van der Waals surface area contributed by atoms with Crippen molar-refractivity contribution in [2.45, 2.75) is 43.7 Å². The highest BCUT2D eigenvalue weighted by Gasteiger charge is 2.47. The number of benzene rings is 2. The number of aliphatic hydroxyl groups excluding tert-OH is 3. The fourth-order valence-corrected chi connectivity index (χ4v) is 4.48. The van der Waals surface area contributed by atoms with Crippen LogP contribution < -0.4 is 9.47 Å². The number of halogens is 1. The lowest BCUT2D eigenvalue weighted by Crippen LogP contribution is -2.60. The summed E-state index contributed by atoms with van der Waals surface area (Å²) in [5.74, 6) is -1.97. The van der Waals surface area contributed by atoms with Crippen LogP contribution in [-0.2, 0) is 46.3 Å². The highest BCUT2D eigenvalue weighted by molar-refractivity contribution is 6.32. The van der Waals surface area contributed by atoms with Crippen molar-refractivity contribution in [3.8, 4) is 11.5 Å². The molecular weight excluding hydrogens is 608 g/mol. The number of aliphatic carboxylic acids is 1. The molecule has 0 radical (unpaired) electrons. The maximum atomic E-state index is 13.0. The molecule has 0 saturated carbocycles. The molecule has 1 saturated heterocycles. The lowest BCUT2D eigenvalue weighted by atomic mass is 9.99. The number of carboxylic acids is 1. The third kappa shape index (κ3) is 9.84. The number of carbonyl (C=O) groups is 3. The average molecular weight is 643 g/mol. The van der Waals surface area contributed by atoms with E-state index in [4.69, 9.17) is 49.9 Å². The van der Waals surface area contributed by atoms with E-state index in [0.29, 0.717) is 0 Å². The van der Waals surface area contributed by atoms with Crippen LogP contribution in [-0.4, -0.2) is 116 Å². The summed E-state index contributed by atoms with van der Waals surface area (Å²) in [6, 6.07) is 9.77. The number of ether oxygens (including phenoxy) is 7. The first-order valence-corrected chi connectivity index (χ1v) is 13.8. The van der Waals surface area contributed by atoms with Crippen LogP contribution in [0.3, 0.4) is 0 Å². The molecule has 0 aromatic heterocycles. The molecule has 0 amide bonds. The third-order valence-corrected chi connectivity index (χ3v) is 6.72. The monoisotopic (exact) mass is 642 g/mol. The molecule has 0 unspecified atom stereocenters. The van der Waals surface area contributed by atoms with Gasteiger partial charge in [-0.1, -0.05) is 35.9 Å². The Morgan fingerprint density at radius 1 is 0.955 bits per heavy atom. The number of rotatable bonds is 17. The van der Waals surface area contributed by atoms with Gasteiger partial charge in [0.05, 0.1) is 32.0 Å². The van der Waals surface area contributed by atoms with Gasteiger partial charge in [0, 0.05) is 19.6 Å². The van der Waals surface area contributed by atoms with Crippen molar-refractivity contribution < 1.29 is 68.0 Å². The Morgan fingerprint density at radius 2 is 1.66 bits per heavy atom. The average Bonchev–Trinajstić information content (AvgIpc) is 3.00. The van der Waals surface area contributed by atoms with Crippen LogP contribution in [0.5, 0.6) is 11.5 Å². The first-order chi connectivity index (χ1) is 21.1. The Morgan fingerprint density at radius 3 is 2.32 bits per heavy atom. The van der Waals surface area contributed by atoms with E-state index in [1.807, 2.05) is 0 Å². The zero-order valence-electron chi connectivity index (χ0n) is 24.0. The van der Waals surface area contributed by atoms with E-state index in [-0.39, 0.29) is 60.7 Å². The van der Waals surface area contributed by atoms with Crippen molar-refractivity contribution in [3.63, 3.8) is 0 Å². The number of methoxy groups -OCH3 is 2. The van der Waals surface area contributed by atoms with Crippen molar-refractivity contribution in [2.75, 3.05) is 47.3 Å². The molecule has 3 rings (SSSR count). The maximum absolute atomic E-state index is 13.0. The maximum Gasteiger partial charge on any atom is 0.342 e. The fourth-order valence-electron chi connectivity index (χ4n) is 4.26. The zero-order chi connectivity index (χ0) is 32.2. The summed E-state index contributed by atoms with van der Waals surface area (Å²) in [5.41, 5.74) is 1.36. The van der Waals surface area contributed by atoms with Gasteiger partial charge < -0.3 is 53.6 Å². The van der Waals surface area contributed by atoms with Gasteiger partial charge in [-0.3, -0.25) is 4.79 Å². The molecule has 14 nitrogen and oxygen atoms in total. The van der Waals surface area contributed by atoms with E-state index < -0.39 is 55.9 Å². The number of hydrogen-bond acceptors (Lipinski definition) is 13. The summed E-state index contributed by atoms with van der Waals surface area (Å²) in [6.45, 7) is -0.954. The van der Waals surface area contributed by atoms with Gasteiger partial charge in [0.1, 0.15) is 55.2 Å². The van der Waals surface area contributed by atoms with E-state index >= 15 is 0 Å². The van der Waals surface area contributed by atoms with Crippen molar-refractivity contribution in [2.24, 2.45) is 0 Å². The van der Waals surface area contributed by atoms with Crippen LogP contribution in [0.2, 0.25) is 5.02 Å². The molecule has 1 fully saturated rings. The molecule has 1 aliphatic rings. The van der Waals surface area contributed by atoms with Crippen molar-refractivity contribution in [1.29, 1.82) is 0 Å². The van der Waals surface area contributed by atoms with Gasteiger partial charge in [-0.2, -0.15) is 0 Å². The van der Waals surface area contributed by atoms with Gasteiger partial charge >= 0.3 is 11.9 Å². The molecular formula is C29H35ClO14. The van der Waals surface area contributed by atoms with Gasteiger partial charge in [0.15, 0.2) is 18.2 Å². The zero-order valence-corrected chi connectivity index (χ0v) is 24.8. The van der Waals surface area contributed by atoms with Crippen LogP contribution in [0.1, 0.15) is 21.5 Å². The van der Waals surface area contributed by atoms with E-state index in [2.05, 4.69) is 0 Å². The fraction of sp³-hybridized carbons (Fsp3) is 0.483.